The molecule has 0 N–H and O–H groups in total. The Morgan fingerprint density at radius 2 is 1.32 bits per heavy atom. The van der Waals surface area contributed by atoms with E-state index in [1.54, 1.807) is 0 Å². The van der Waals surface area contributed by atoms with Crippen LogP contribution in [0.3, 0.4) is 0 Å². The lowest BCUT2D eigenvalue weighted by atomic mass is 10.1. The molecule has 2 aliphatic heterocycles. The van der Waals surface area contributed by atoms with Crippen LogP contribution in [0.4, 0.5) is 34.1 Å². The molecule has 3 heteroatoms. The van der Waals surface area contributed by atoms with Crippen LogP contribution >= 0.6 is 0 Å². The van der Waals surface area contributed by atoms with E-state index in [1.807, 2.05) is 0 Å². The van der Waals surface area contributed by atoms with Crippen LogP contribution in [-0.4, -0.2) is 13.7 Å². The third-order valence-electron chi connectivity index (χ3n) is 5.25. The number of rotatable bonds is 1. The first kappa shape index (κ1) is 14.4. The lowest BCUT2D eigenvalue weighted by Gasteiger charge is -2.35. The number of nitrogens with zero attached hydrogens (tertiary/aromatic N) is 3. The predicted octanol–water partition coefficient (Wildman–Crippen LogP) is 5.63. The lowest BCUT2D eigenvalue weighted by molar-refractivity contribution is 0.974. The van der Waals surface area contributed by atoms with Crippen LogP contribution < -0.4 is 14.7 Å². The van der Waals surface area contributed by atoms with Gasteiger partial charge in [-0.05, 0) is 61.4 Å². The molecule has 0 fully saturated rings. The first-order valence-electron chi connectivity index (χ1n) is 8.72. The molecule has 0 unspecified atom stereocenters. The number of para-hydroxylation sites is 3. The minimum absolute atomic E-state index is 0.847. The average molecular weight is 327 g/mol. The van der Waals surface area contributed by atoms with Crippen molar-refractivity contribution >= 4 is 34.1 Å². The standard InChI is InChI=1S/C22H21N3/c1-15-11-16(2)13-17(12-15)24-14-25-19-8-5-4-7-18(19)23(3)20-9-6-10-21(24)22(20)25/h4-13H,14H2,1-3H3. The maximum Gasteiger partial charge on any atom is 0.100 e. The summed E-state index contributed by atoms with van der Waals surface area (Å²) >= 11 is 0. The fourth-order valence-electron chi connectivity index (χ4n) is 4.20. The molecule has 3 aromatic rings. The van der Waals surface area contributed by atoms with Gasteiger partial charge in [-0.2, -0.15) is 0 Å². The summed E-state index contributed by atoms with van der Waals surface area (Å²) < 4.78 is 0. The van der Waals surface area contributed by atoms with Crippen LogP contribution in [0.1, 0.15) is 11.1 Å². The van der Waals surface area contributed by atoms with Crippen molar-refractivity contribution in [3.63, 3.8) is 0 Å². The summed E-state index contributed by atoms with van der Waals surface area (Å²) in [6.45, 7) is 5.19. The highest BCUT2D eigenvalue weighted by atomic mass is 15.4. The van der Waals surface area contributed by atoms with Gasteiger partial charge in [-0.25, -0.2) is 0 Å². The third kappa shape index (κ3) is 1.99. The van der Waals surface area contributed by atoms with Gasteiger partial charge in [0.2, 0.25) is 0 Å². The summed E-state index contributed by atoms with van der Waals surface area (Å²) in [7, 11) is 2.16. The number of hydrogen-bond acceptors (Lipinski definition) is 3. The molecule has 0 aliphatic carbocycles. The Hall–Kier alpha value is -2.94. The molecule has 0 atom stereocenters. The Labute approximate surface area is 148 Å². The van der Waals surface area contributed by atoms with E-state index in [0.717, 1.165) is 6.67 Å². The van der Waals surface area contributed by atoms with E-state index in [0.29, 0.717) is 0 Å². The van der Waals surface area contributed by atoms with Crippen LogP contribution in [0.25, 0.3) is 0 Å². The molecule has 2 aliphatic rings. The van der Waals surface area contributed by atoms with E-state index >= 15 is 0 Å². The van der Waals surface area contributed by atoms with Gasteiger partial charge in [-0.3, -0.25) is 0 Å². The predicted molar refractivity (Wildman–Crippen MR) is 106 cm³/mol. The van der Waals surface area contributed by atoms with Gasteiger partial charge < -0.3 is 14.7 Å². The van der Waals surface area contributed by atoms with Gasteiger partial charge >= 0.3 is 0 Å². The Morgan fingerprint density at radius 3 is 2.08 bits per heavy atom. The van der Waals surface area contributed by atoms with Crippen molar-refractivity contribution < 1.29 is 0 Å². The van der Waals surface area contributed by atoms with Crippen LogP contribution in [-0.2, 0) is 0 Å². The molecule has 0 aromatic heterocycles. The molecule has 25 heavy (non-hydrogen) atoms. The molecule has 3 nitrogen and oxygen atoms in total. The maximum absolute atomic E-state index is 2.44. The van der Waals surface area contributed by atoms with E-state index in [2.05, 4.69) is 96.3 Å². The van der Waals surface area contributed by atoms with Crippen molar-refractivity contribution in [2.75, 3.05) is 28.4 Å². The van der Waals surface area contributed by atoms with Gasteiger partial charge in [0.15, 0.2) is 0 Å². The molecular weight excluding hydrogens is 306 g/mol. The molecule has 0 amide bonds. The lowest BCUT2D eigenvalue weighted by Crippen LogP contribution is -2.28. The van der Waals surface area contributed by atoms with E-state index in [-0.39, 0.29) is 0 Å². The quantitative estimate of drug-likeness (QED) is 0.573. The van der Waals surface area contributed by atoms with Crippen LogP contribution in [0, 0.1) is 13.8 Å². The molecule has 0 bridgehead atoms. The number of benzene rings is 3. The number of fused-ring (bicyclic) bond motifs is 2. The topological polar surface area (TPSA) is 9.72 Å². The second-order valence-corrected chi connectivity index (χ2v) is 7.04. The summed E-state index contributed by atoms with van der Waals surface area (Å²) in [5, 5.41) is 0. The minimum atomic E-state index is 0.847. The largest absolute Gasteiger partial charge is 0.341 e. The molecule has 2 heterocycles. The van der Waals surface area contributed by atoms with Gasteiger partial charge in [0, 0.05) is 12.7 Å². The Morgan fingerprint density at radius 1 is 0.680 bits per heavy atom. The van der Waals surface area contributed by atoms with Crippen molar-refractivity contribution in [1.82, 2.24) is 0 Å². The van der Waals surface area contributed by atoms with Crippen molar-refractivity contribution in [1.29, 1.82) is 0 Å². The first-order chi connectivity index (χ1) is 12.1. The highest BCUT2D eigenvalue weighted by molar-refractivity contribution is 6.02. The Balaban J connectivity index is 1.73. The SMILES string of the molecule is Cc1cc(C)cc(N2CN3c4ccccc4N(C)c4cccc2c43)c1. The van der Waals surface area contributed by atoms with Crippen molar-refractivity contribution in [2.45, 2.75) is 13.8 Å². The van der Waals surface area contributed by atoms with E-state index in [1.165, 1.54) is 45.3 Å². The van der Waals surface area contributed by atoms with Crippen LogP contribution in [0.5, 0.6) is 0 Å². The van der Waals surface area contributed by atoms with Gasteiger partial charge in [0.25, 0.3) is 0 Å². The highest BCUT2D eigenvalue weighted by Crippen LogP contribution is 2.55. The smallest absolute Gasteiger partial charge is 0.100 e. The average Bonchev–Trinajstić information content (AvgIpc) is 2.99. The van der Waals surface area contributed by atoms with Crippen LogP contribution in [0.2, 0.25) is 0 Å². The summed E-state index contributed by atoms with van der Waals surface area (Å²) in [6.07, 6.45) is 0. The van der Waals surface area contributed by atoms with Crippen molar-refractivity contribution in [3.05, 3.63) is 71.8 Å². The monoisotopic (exact) mass is 327 g/mol. The molecule has 3 aromatic carbocycles. The number of hydrogen-bond donors (Lipinski definition) is 0. The Kier molecular flexibility index (Phi) is 2.90. The van der Waals surface area contributed by atoms with E-state index in [9.17, 15) is 0 Å². The summed E-state index contributed by atoms with van der Waals surface area (Å²) in [5.74, 6) is 0. The zero-order valence-electron chi connectivity index (χ0n) is 14.8. The fraction of sp³-hybridized carbons (Fsp3) is 0.182. The zero-order valence-corrected chi connectivity index (χ0v) is 14.8. The molecule has 124 valence electrons. The molecule has 0 saturated carbocycles. The van der Waals surface area contributed by atoms with Crippen molar-refractivity contribution in [3.8, 4) is 0 Å². The van der Waals surface area contributed by atoms with E-state index < -0.39 is 0 Å². The van der Waals surface area contributed by atoms with Gasteiger partial charge in [0.05, 0.1) is 28.4 Å². The van der Waals surface area contributed by atoms with Gasteiger partial charge in [0.1, 0.15) is 6.67 Å². The summed E-state index contributed by atoms with van der Waals surface area (Å²) in [6, 6.07) is 22.1. The molecule has 0 saturated heterocycles. The van der Waals surface area contributed by atoms with Gasteiger partial charge in [-0.1, -0.05) is 24.3 Å². The van der Waals surface area contributed by atoms with Gasteiger partial charge in [-0.15, -0.1) is 0 Å². The summed E-state index contributed by atoms with van der Waals surface area (Å²) in [5.41, 5.74) is 10.3. The molecule has 5 rings (SSSR count). The van der Waals surface area contributed by atoms with Crippen LogP contribution in [0.15, 0.2) is 60.7 Å². The third-order valence-corrected chi connectivity index (χ3v) is 5.25. The number of aryl methyl sites for hydroxylation is 2. The maximum atomic E-state index is 2.44. The van der Waals surface area contributed by atoms with E-state index in [4.69, 9.17) is 0 Å². The second kappa shape index (κ2) is 5.03. The Bertz CT molecular complexity index is 972. The molecular formula is C22H21N3. The highest BCUT2D eigenvalue weighted by Gasteiger charge is 2.36. The number of anilines is 6. The second-order valence-electron chi connectivity index (χ2n) is 7.04. The molecule has 0 spiro atoms. The summed E-state index contributed by atoms with van der Waals surface area (Å²) in [4.78, 5) is 7.17. The normalized spacial score (nSPS) is 14.6. The zero-order chi connectivity index (χ0) is 17.1. The fourth-order valence-corrected chi connectivity index (χ4v) is 4.20. The van der Waals surface area contributed by atoms with Crippen molar-refractivity contribution in [2.24, 2.45) is 0 Å². The first-order valence-corrected chi connectivity index (χ1v) is 8.72. The minimum Gasteiger partial charge on any atom is -0.341 e. The molecule has 0 radical (unpaired) electrons.